The standard InChI is InChI=1S/C46H35N3O2/c1-3-46(4-2)35-23-24-39-42(33-17-9-11-20-38(33)51-39)41(35)31-22-21-30(27-36(31)46)44-47-43(29-13-6-5-7-14-29)48-45(49-44)34-18-12-15-28-25-26-50-37-19-10-8-16-32(37)40(28)34/h5-24,27H,3-4,25-26H2,1-2H3. The summed E-state index contributed by atoms with van der Waals surface area (Å²) in [6, 6.07) is 44.6. The molecule has 8 aromatic rings. The molecule has 0 spiro atoms. The van der Waals surface area contributed by atoms with E-state index in [1.807, 2.05) is 36.4 Å². The van der Waals surface area contributed by atoms with Gasteiger partial charge in [-0.2, -0.15) is 0 Å². The maximum absolute atomic E-state index is 6.37. The zero-order valence-corrected chi connectivity index (χ0v) is 28.6. The minimum absolute atomic E-state index is 0.147. The van der Waals surface area contributed by atoms with E-state index in [9.17, 15) is 0 Å². The van der Waals surface area contributed by atoms with Gasteiger partial charge < -0.3 is 9.15 Å². The van der Waals surface area contributed by atoms with Gasteiger partial charge >= 0.3 is 0 Å². The Morgan fingerprint density at radius 1 is 0.569 bits per heavy atom. The highest BCUT2D eigenvalue weighted by Gasteiger charge is 2.42. The molecule has 0 unspecified atom stereocenters. The van der Waals surface area contributed by atoms with Crippen molar-refractivity contribution in [1.82, 2.24) is 15.0 Å². The summed E-state index contributed by atoms with van der Waals surface area (Å²) < 4.78 is 12.6. The Morgan fingerprint density at radius 3 is 2.18 bits per heavy atom. The van der Waals surface area contributed by atoms with Gasteiger partial charge in [0.2, 0.25) is 0 Å². The van der Waals surface area contributed by atoms with E-state index in [0.29, 0.717) is 24.1 Å². The van der Waals surface area contributed by atoms with Crippen LogP contribution in [0.25, 0.3) is 78.4 Å². The number of fused-ring (bicyclic) bond motifs is 10. The quantitative estimate of drug-likeness (QED) is 0.184. The lowest BCUT2D eigenvalue weighted by Gasteiger charge is -2.30. The summed E-state index contributed by atoms with van der Waals surface area (Å²) in [7, 11) is 0. The fraction of sp³-hybridized carbons (Fsp3) is 0.152. The molecule has 51 heavy (non-hydrogen) atoms. The van der Waals surface area contributed by atoms with Crippen LogP contribution in [0.15, 0.2) is 132 Å². The van der Waals surface area contributed by atoms with E-state index in [1.165, 1.54) is 33.2 Å². The van der Waals surface area contributed by atoms with Crippen LogP contribution in [0.2, 0.25) is 0 Å². The van der Waals surface area contributed by atoms with Crippen LogP contribution in [-0.4, -0.2) is 21.6 Å². The number of benzene rings is 6. The summed E-state index contributed by atoms with van der Waals surface area (Å²) in [5.74, 6) is 2.85. The Morgan fingerprint density at radius 2 is 1.31 bits per heavy atom. The molecule has 0 saturated heterocycles. The number of para-hydroxylation sites is 2. The van der Waals surface area contributed by atoms with Gasteiger partial charge in [-0.15, -0.1) is 0 Å². The molecule has 6 aromatic carbocycles. The average molecular weight is 662 g/mol. The third kappa shape index (κ3) is 4.44. The van der Waals surface area contributed by atoms with Gasteiger partial charge in [-0.25, -0.2) is 15.0 Å². The molecule has 246 valence electrons. The Labute approximate surface area is 296 Å². The fourth-order valence-corrected chi connectivity index (χ4v) is 8.67. The third-order valence-electron chi connectivity index (χ3n) is 11.2. The Bertz CT molecular complexity index is 2650. The number of aromatic nitrogens is 3. The smallest absolute Gasteiger partial charge is 0.164 e. The Balaban J connectivity index is 1.21. The van der Waals surface area contributed by atoms with Crippen molar-refractivity contribution in [2.75, 3.05) is 6.61 Å². The molecule has 0 N–H and O–H groups in total. The van der Waals surface area contributed by atoms with Gasteiger partial charge in [0, 0.05) is 44.9 Å². The van der Waals surface area contributed by atoms with Gasteiger partial charge in [0.15, 0.2) is 17.5 Å². The number of furan rings is 1. The van der Waals surface area contributed by atoms with Gasteiger partial charge in [-0.05, 0) is 70.5 Å². The van der Waals surface area contributed by atoms with E-state index >= 15 is 0 Å². The zero-order valence-electron chi connectivity index (χ0n) is 28.6. The highest BCUT2D eigenvalue weighted by molar-refractivity contribution is 6.15. The van der Waals surface area contributed by atoms with Crippen LogP contribution >= 0.6 is 0 Å². The first-order chi connectivity index (χ1) is 25.2. The predicted molar refractivity (Wildman–Crippen MR) is 205 cm³/mol. The molecular formula is C46H35N3O2. The molecule has 2 aromatic heterocycles. The SMILES string of the molecule is CCC1(CC)c2cc(-c3nc(-c4ccccc4)nc(-c4cccc5c4-c4ccccc4OCC5)n3)ccc2-c2c1ccc1oc3ccccc3c21. The van der Waals surface area contributed by atoms with E-state index in [4.69, 9.17) is 24.1 Å². The monoisotopic (exact) mass is 661 g/mol. The second-order valence-corrected chi connectivity index (χ2v) is 13.6. The first kappa shape index (κ1) is 29.8. The molecule has 3 heterocycles. The number of ether oxygens (including phenoxy) is 1. The lowest BCUT2D eigenvalue weighted by atomic mass is 9.73. The lowest BCUT2D eigenvalue weighted by molar-refractivity contribution is 0.326. The second-order valence-electron chi connectivity index (χ2n) is 13.6. The molecule has 0 amide bonds. The van der Waals surface area contributed by atoms with Crippen LogP contribution < -0.4 is 4.74 Å². The van der Waals surface area contributed by atoms with Gasteiger partial charge in [0.25, 0.3) is 0 Å². The van der Waals surface area contributed by atoms with Crippen LogP contribution in [0.1, 0.15) is 43.4 Å². The first-order valence-electron chi connectivity index (χ1n) is 17.9. The van der Waals surface area contributed by atoms with Crippen molar-refractivity contribution in [3.05, 3.63) is 144 Å². The average Bonchev–Trinajstić information content (AvgIpc) is 3.63. The van der Waals surface area contributed by atoms with E-state index in [0.717, 1.165) is 69.4 Å². The van der Waals surface area contributed by atoms with Crippen molar-refractivity contribution in [2.24, 2.45) is 0 Å². The fourth-order valence-electron chi connectivity index (χ4n) is 8.67. The van der Waals surface area contributed by atoms with Crippen molar-refractivity contribution >= 4 is 21.9 Å². The van der Waals surface area contributed by atoms with Crippen molar-refractivity contribution in [3.8, 4) is 62.2 Å². The summed E-state index contributed by atoms with van der Waals surface area (Å²) in [5.41, 5.74) is 13.3. The second kappa shape index (κ2) is 11.5. The first-order valence-corrected chi connectivity index (χ1v) is 17.9. The van der Waals surface area contributed by atoms with Gasteiger partial charge in [0.1, 0.15) is 16.9 Å². The third-order valence-corrected chi connectivity index (χ3v) is 11.2. The highest BCUT2D eigenvalue weighted by Crippen LogP contribution is 2.56. The molecule has 2 aliphatic rings. The molecule has 0 bridgehead atoms. The summed E-state index contributed by atoms with van der Waals surface area (Å²) in [4.78, 5) is 15.6. The van der Waals surface area contributed by atoms with Crippen molar-refractivity contribution in [1.29, 1.82) is 0 Å². The molecule has 1 aliphatic carbocycles. The predicted octanol–water partition coefficient (Wildman–Crippen LogP) is 11.5. The summed E-state index contributed by atoms with van der Waals surface area (Å²) >= 11 is 0. The number of nitrogens with zero attached hydrogens (tertiary/aromatic N) is 3. The number of hydrogen-bond donors (Lipinski definition) is 0. The lowest BCUT2D eigenvalue weighted by Crippen LogP contribution is -2.23. The topological polar surface area (TPSA) is 61.0 Å². The molecule has 10 rings (SSSR count). The summed E-state index contributed by atoms with van der Waals surface area (Å²) in [5, 5.41) is 2.36. The van der Waals surface area contributed by atoms with Gasteiger partial charge in [-0.1, -0.05) is 117 Å². The zero-order chi connectivity index (χ0) is 34.1. The maximum atomic E-state index is 6.37. The van der Waals surface area contributed by atoms with Crippen LogP contribution in [0.5, 0.6) is 5.75 Å². The number of rotatable bonds is 5. The van der Waals surface area contributed by atoms with Gasteiger partial charge in [0.05, 0.1) is 6.61 Å². The largest absolute Gasteiger partial charge is 0.493 e. The van der Waals surface area contributed by atoms with Crippen LogP contribution in [-0.2, 0) is 11.8 Å². The normalized spacial score (nSPS) is 14.0. The van der Waals surface area contributed by atoms with E-state index in [-0.39, 0.29) is 5.41 Å². The van der Waals surface area contributed by atoms with Crippen molar-refractivity contribution in [3.63, 3.8) is 0 Å². The van der Waals surface area contributed by atoms with Crippen molar-refractivity contribution < 1.29 is 9.15 Å². The van der Waals surface area contributed by atoms with E-state index in [2.05, 4.69) is 105 Å². The molecule has 0 fully saturated rings. The molecule has 1 aliphatic heterocycles. The molecule has 5 nitrogen and oxygen atoms in total. The maximum Gasteiger partial charge on any atom is 0.164 e. The van der Waals surface area contributed by atoms with E-state index < -0.39 is 0 Å². The molecule has 5 heteroatoms. The highest BCUT2D eigenvalue weighted by atomic mass is 16.5. The van der Waals surface area contributed by atoms with Crippen LogP contribution in [0, 0.1) is 0 Å². The molecule has 0 atom stereocenters. The molecule has 0 saturated carbocycles. The summed E-state index contributed by atoms with van der Waals surface area (Å²) in [6.07, 6.45) is 2.76. The van der Waals surface area contributed by atoms with E-state index in [1.54, 1.807) is 0 Å². The van der Waals surface area contributed by atoms with Crippen LogP contribution in [0.4, 0.5) is 0 Å². The number of hydrogen-bond acceptors (Lipinski definition) is 5. The van der Waals surface area contributed by atoms with Crippen molar-refractivity contribution in [2.45, 2.75) is 38.5 Å². The van der Waals surface area contributed by atoms with Gasteiger partial charge in [-0.3, -0.25) is 0 Å². The minimum Gasteiger partial charge on any atom is -0.493 e. The molecular weight excluding hydrogens is 627 g/mol. The Kier molecular flexibility index (Phi) is 6.72. The Hall–Kier alpha value is -6.07. The molecule has 0 radical (unpaired) electrons. The minimum atomic E-state index is -0.147. The summed E-state index contributed by atoms with van der Waals surface area (Å²) in [6.45, 7) is 5.24. The van der Waals surface area contributed by atoms with Crippen LogP contribution in [0.3, 0.4) is 0 Å².